The van der Waals surface area contributed by atoms with Crippen molar-refractivity contribution in [1.82, 2.24) is 5.32 Å². The second-order valence-corrected chi connectivity index (χ2v) is 7.25. The van der Waals surface area contributed by atoms with Crippen LogP contribution in [-0.2, 0) is 4.74 Å². The Hall–Kier alpha value is -1.37. The monoisotopic (exact) mass is 376 g/mol. The molecular weight excluding hydrogens is 358 g/mol. The van der Waals surface area contributed by atoms with Crippen molar-refractivity contribution in [1.29, 1.82) is 0 Å². The van der Waals surface area contributed by atoms with Gasteiger partial charge in [-0.1, -0.05) is 0 Å². The number of rotatable bonds is 3. The van der Waals surface area contributed by atoms with E-state index in [1.54, 1.807) is 20.8 Å². The molecule has 0 atom stereocenters. The lowest BCUT2D eigenvalue weighted by molar-refractivity contribution is 0.0475. The summed E-state index contributed by atoms with van der Waals surface area (Å²) in [6.45, 7) is 5.39. The topological polar surface area (TPSA) is 50.4 Å². The summed E-state index contributed by atoms with van der Waals surface area (Å²) in [5.74, 6) is -1.27. The number of carbonyl (C=O) groups is 1. The van der Waals surface area contributed by atoms with Crippen LogP contribution in [0.2, 0.25) is 0 Å². The summed E-state index contributed by atoms with van der Waals surface area (Å²) in [5, 5.41) is 5.77. The Morgan fingerprint density at radius 2 is 1.91 bits per heavy atom. The molecule has 7 heteroatoms. The number of alkyl carbamates (subject to hydrolysis) is 1. The molecule has 1 amide bonds. The van der Waals surface area contributed by atoms with E-state index < -0.39 is 23.3 Å². The highest BCUT2D eigenvalue weighted by atomic mass is 79.9. The molecule has 1 fully saturated rings. The molecule has 0 bridgehead atoms. The predicted octanol–water partition coefficient (Wildman–Crippen LogP) is 4.19. The molecule has 4 nitrogen and oxygen atoms in total. The molecule has 1 aromatic carbocycles. The second-order valence-electron chi connectivity index (χ2n) is 6.40. The van der Waals surface area contributed by atoms with Crippen molar-refractivity contribution in [3.63, 3.8) is 0 Å². The first kappa shape index (κ1) is 17.0. The first-order valence-corrected chi connectivity index (χ1v) is 7.84. The summed E-state index contributed by atoms with van der Waals surface area (Å²) in [4.78, 5) is 11.6. The van der Waals surface area contributed by atoms with Gasteiger partial charge in [0, 0.05) is 22.6 Å². The molecule has 1 aliphatic rings. The van der Waals surface area contributed by atoms with E-state index in [4.69, 9.17) is 4.74 Å². The molecule has 0 aliphatic heterocycles. The van der Waals surface area contributed by atoms with Gasteiger partial charge in [-0.3, -0.25) is 0 Å². The summed E-state index contributed by atoms with van der Waals surface area (Å²) in [6.07, 6.45) is 0.857. The number of ether oxygens (including phenoxy) is 1. The third kappa shape index (κ3) is 4.56. The molecule has 1 aromatic rings. The van der Waals surface area contributed by atoms with Crippen LogP contribution in [0.25, 0.3) is 0 Å². The Morgan fingerprint density at radius 1 is 1.27 bits per heavy atom. The molecular formula is C15H19BrF2N2O2. The van der Waals surface area contributed by atoms with E-state index in [2.05, 4.69) is 26.6 Å². The summed E-state index contributed by atoms with van der Waals surface area (Å²) in [5.41, 5.74) is -0.296. The average Bonchev–Trinajstić information content (AvgIpc) is 2.27. The van der Waals surface area contributed by atoms with Gasteiger partial charge in [0.1, 0.15) is 17.2 Å². The van der Waals surface area contributed by atoms with E-state index in [0.717, 1.165) is 6.07 Å². The normalized spacial score (nSPS) is 21.0. The minimum absolute atomic E-state index is 0.00497. The fourth-order valence-corrected chi connectivity index (χ4v) is 2.73. The lowest BCUT2D eigenvalue weighted by Gasteiger charge is -2.37. The number of hydrogen-bond acceptors (Lipinski definition) is 3. The number of carbonyl (C=O) groups excluding carboxylic acids is 1. The van der Waals surface area contributed by atoms with Crippen molar-refractivity contribution >= 4 is 27.7 Å². The van der Waals surface area contributed by atoms with Crippen molar-refractivity contribution in [3.05, 3.63) is 28.2 Å². The Bertz CT molecular complexity index is 546. The molecule has 2 rings (SSSR count). The quantitative estimate of drug-likeness (QED) is 0.831. The smallest absolute Gasteiger partial charge is 0.407 e. The van der Waals surface area contributed by atoms with Crippen molar-refractivity contribution in [2.75, 3.05) is 5.32 Å². The third-order valence-corrected chi connectivity index (χ3v) is 3.84. The maximum Gasteiger partial charge on any atom is 0.407 e. The van der Waals surface area contributed by atoms with Gasteiger partial charge in [-0.15, -0.1) is 0 Å². The highest BCUT2D eigenvalue weighted by Gasteiger charge is 2.32. The lowest BCUT2D eigenvalue weighted by Crippen LogP contribution is -2.50. The van der Waals surface area contributed by atoms with Crippen molar-refractivity contribution in [3.8, 4) is 0 Å². The van der Waals surface area contributed by atoms with Gasteiger partial charge < -0.3 is 15.4 Å². The van der Waals surface area contributed by atoms with Crippen LogP contribution in [0.5, 0.6) is 0 Å². The fraction of sp³-hybridized carbons (Fsp3) is 0.533. The Morgan fingerprint density at radius 3 is 2.45 bits per heavy atom. The van der Waals surface area contributed by atoms with Crippen LogP contribution < -0.4 is 10.6 Å². The van der Waals surface area contributed by atoms with E-state index in [9.17, 15) is 13.6 Å². The van der Waals surface area contributed by atoms with Gasteiger partial charge in [0.2, 0.25) is 0 Å². The molecule has 0 radical (unpaired) electrons. The summed E-state index contributed by atoms with van der Waals surface area (Å²) >= 11 is 3.14. The minimum Gasteiger partial charge on any atom is -0.444 e. The van der Waals surface area contributed by atoms with E-state index >= 15 is 0 Å². The van der Waals surface area contributed by atoms with Crippen LogP contribution in [0.1, 0.15) is 33.6 Å². The van der Waals surface area contributed by atoms with Crippen LogP contribution in [0.4, 0.5) is 19.3 Å². The average molecular weight is 377 g/mol. The van der Waals surface area contributed by atoms with Crippen molar-refractivity contribution in [2.45, 2.75) is 51.3 Å². The maximum atomic E-state index is 13.7. The lowest BCUT2D eigenvalue weighted by atomic mass is 9.86. The number of amides is 1. The second kappa shape index (κ2) is 6.40. The molecule has 22 heavy (non-hydrogen) atoms. The first-order valence-electron chi connectivity index (χ1n) is 7.04. The largest absolute Gasteiger partial charge is 0.444 e. The van der Waals surface area contributed by atoms with Crippen LogP contribution in [0.15, 0.2) is 16.6 Å². The summed E-state index contributed by atoms with van der Waals surface area (Å²) < 4.78 is 32.2. The molecule has 0 spiro atoms. The molecule has 122 valence electrons. The number of anilines is 1. The van der Waals surface area contributed by atoms with Crippen LogP contribution in [0.3, 0.4) is 0 Å². The number of benzene rings is 1. The Balaban J connectivity index is 1.82. The molecule has 0 heterocycles. The maximum absolute atomic E-state index is 13.7. The van der Waals surface area contributed by atoms with Gasteiger partial charge in [0.25, 0.3) is 0 Å². The van der Waals surface area contributed by atoms with Crippen LogP contribution in [-0.4, -0.2) is 23.8 Å². The zero-order valence-electron chi connectivity index (χ0n) is 12.7. The summed E-state index contributed by atoms with van der Waals surface area (Å²) in [6, 6.07) is 2.06. The number of hydrogen-bond donors (Lipinski definition) is 2. The van der Waals surface area contributed by atoms with Gasteiger partial charge >= 0.3 is 6.09 Å². The van der Waals surface area contributed by atoms with Gasteiger partial charge in [0.05, 0.1) is 5.69 Å². The zero-order chi connectivity index (χ0) is 16.5. The third-order valence-electron chi connectivity index (χ3n) is 3.21. The minimum atomic E-state index is -0.643. The SMILES string of the molecule is CC(C)(C)OC(=O)NC1CC(Nc2c(F)cc(F)cc2Br)C1. The zero-order valence-corrected chi connectivity index (χ0v) is 14.3. The molecule has 0 aromatic heterocycles. The van der Waals surface area contributed by atoms with Crippen LogP contribution >= 0.6 is 15.9 Å². The Labute approximate surface area is 136 Å². The number of nitrogens with one attached hydrogen (secondary N) is 2. The number of halogens is 3. The van der Waals surface area contributed by atoms with E-state index in [0.29, 0.717) is 17.3 Å². The first-order chi connectivity index (χ1) is 10.1. The molecule has 0 saturated heterocycles. The highest BCUT2D eigenvalue weighted by molar-refractivity contribution is 9.10. The molecule has 1 saturated carbocycles. The van der Waals surface area contributed by atoms with Gasteiger partial charge in [-0.05, 0) is 55.6 Å². The standard InChI is InChI=1S/C15H19BrF2N2O2/c1-15(2,3)22-14(21)20-10-6-9(7-10)19-13-11(16)4-8(17)5-12(13)18/h4-5,9-10,19H,6-7H2,1-3H3,(H,20,21). The molecule has 1 aliphatic carbocycles. The highest BCUT2D eigenvalue weighted by Crippen LogP contribution is 2.31. The van der Waals surface area contributed by atoms with Crippen molar-refractivity contribution in [2.24, 2.45) is 0 Å². The van der Waals surface area contributed by atoms with E-state index in [-0.39, 0.29) is 17.8 Å². The summed E-state index contributed by atoms with van der Waals surface area (Å²) in [7, 11) is 0. The van der Waals surface area contributed by atoms with Gasteiger partial charge in [0.15, 0.2) is 0 Å². The molecule has 0 unspecified atom stereocenters. The van der Waals surface area contributed by atoms with Gasteiger partial charge in [-0.2, -0.15) is 0 Å². The van der Waals surface area contributed by atoms with Crippen molar-refractivity contribution < 1.29 is 18.3 Å². The molecule has 2 N–H and O–H groups in total. The Kier molecular flexibility index (Phi) is 4.94. The predicted molar refractivity (Wildman–Crippen MR) is 83.9 cm³/mol. The van der Waals surface area contributed by atoms with Gasteiger partial charge in [-0.25, -0.2) is 13.6 Å². The van der Waals surface area contributed by atoms with E-state index in [1.807, 2.05) is 0 Å². The fourth-order valence-electron chi connectivity index (χ4n) is 2.21. The van der Waals surface area contributed by atoms with E-state index in [1.165, 1.54) is 6.07 Å². The van der Waals surface area contributed by atoms with Crippen LogP contribution in [0, 0.1) is 11.6 Å².